The van der Waals surface area contributed by atoms with E-state index in [0.717, 1.165) is 12.8 Å². The lowest BCUT2D eigenvalue weighted by Gasteiger charge is -2.06. The van der Waals surface area contributed by atoms with E-state index < -0.39 is 5.82 Å². The molecule has 0 radical (unpaired) electrons. The summed E-state index contributed by atoms with van der Waals surface area (Å²) in [6.45, 7) is 2.41. The van der Waals surface area contributed by atoms with Crippen molar-refractivity contribution in [3.05, 3.63) is 71.7 Å². The van der Waals surface area contributed by atoms with Gasteiger partial charge in [-0.3, -0.25) is 4.79 Å². The summed E-state index contributed by atoms with van der Waals surface area (Å²) >= 11 is 0. The zero-order valence-electron chi connectivity index (χ0n) is 16.0. The number of nitrogens with one attached hydrogen (secondary N) is 1. The lowest BCUT2D eigenvalue weighted by molar-refractivity contribution is -0.115. The number of aromatic nitrogens is 1. The third-order valence-corrected chi connectivity index (χ3v) is 4.18. The summed E-state index contributed by atoms with van der Waals surface area (Å²) in [6, 6.07) is 14.2. The first-order chi connectivity index (χ1) is 14.1. The number of ether oxygens (including phenoxy) is 1. The van der Waals surface area contributed by atoms with Crippen molar-refractivity contribution in [3.8, 4) is 11.3 Å². The number of rotatable bonds is 8. The molecule has 2 aromatic carbocycles. The van der Waals surface area contributed by atoms with E-state index in [-0.39, 0.29) is 29.6 Å². The number of amides is 1. The first kappa shape index (κ1) is 20.3. The Morgan fingerprint density at radius 3 is 2.62 bits per heavy atom. The van der Waals surface area contributed by atoms with Crippen molar-refractivity contribution >= 4 is 17.6 Å². The molecule has 0 unspecified atom stereocenters. The number of benzene rings is 2. The molecule has 1 amide bonds. The summed E-state index contributed by atoms with van der Waals surface area (Å²) in [4.78, 5) is 24.1. The summed E-state index contributed by atoms with van der Waals surface area (Å²) in [5.41, 5.74) is 1.63. The fourth-order valence-electron chi connectivity index (χ4n) is 2.63. The quantitative estimate of drug-likeness (QED) is 0.444. The minimum atomic E-state index is -0.423. The van der Waals surface area contributed by atoms with Crippen LogP contribution in [0.4, 0.5) is 10.1 Å². The normalized spacial score (nSPS) is 10.6. The molecule has 0 bridgehead atoms. The van der Waals surface area contributed by atoms with Crippen LogP contribution in [0.15, 0.2) is 59.1 Å². The van der Waals surface area contributed by atoms with Gasteiger partial charge in [-0.2, -0.15) is 0 Å². The van der Waals surface area contributed by atoms with E-state index >= 15 is 0 Å². The van der Waals surface area contributed by atoms with Gasteiger partial charge in [0.2, 0.25) is 5.91 Å². The molecule has 0 aliphatic rings. The second-order valence-electron chi connectivity index (χ2n) is 6.45. The molecular formula is C22H21FN2O4. The standard InChI is InChI=1S/C22H21FN2O4/c1-2-3-12-28-22(27)15-8-10-16(11-9-15)24-21(26)14-17-13-20(29-25-17)18-6-4-5-7-19(18)23/h4-11,13H,2-3,12,14H2,1H3,(H,24,26). The third kappa shape index (κ3) is 5.51. The molecule has 3 aromatic rings. The lowest BCUT2D eigenvalue weighted by atomic mass is 10.1. The smallest absolute Gasteiger partial charge is 0.338 e. The Labute approximate surface area is 167 Å². The summed E-state index contributed by atoms with van der Waals surface area (Å²) in [7, 11) is 0. The van der Waals surface area contributed by atoms with E-state index in [4.69, 9.17) is 9.26 Å². The summed E-state index contributed by atoms with van der Waals surface area (Å²) in [5.74, 6) is -0.860. The average molecular weight is 396 g/mol. The molecular weight excluding hydrogens is 375 g/mol. The highest BCUT2D eigenvalue weighted by Gasteiger charge is 2.14. The second-order valence-corrected chi connectivity index (χ2v) is 6.45. The number of halogens is 1. The van der Waals surface area contributed by atoms with Gasteiger partial charge in [0.05, 0.1) is 29.8 Å². The molecule has 1 aromatic heterocycles. The summed E-state index contributed by atoms with van der Waals surface area (Å²) in [5, 5.41) is 6.55. The molecule has 0 aliphatic heterocycles. The van der Waals surface area contributed by atoms with Gasteiger partial charge < -0.3 is 14.6 Å². The van der Waals surface area contributed by atoms with Crippen LogP contribution in [-0.2, 0) is 16.0 Å². The van der Waals surface area contributed by atoms with E-state index in [9.17, 15) is 14.0 Å². The molecule has 0 saturated carbocycles. The van der Waals surface area contributed by atoms with Crippen molar-refractivity contribution in [2.45, 2.75) is 26.2 Å². The molecule has 29 heavy (non-hydrogen) atoms. The Morgan fingerprint density at radius 1 is 1.14 bits per heavy atom. The molecule has 0 atom stereocenters. The Kier molecular flexibility index (Phi) is 6.73. The van der Waals surface area contributed by atoms with Gasteiger partial charge in [0.25, 0.3) is 0 Å². The van der Waals surface area contributed by atoms with Crippen LogP contribution in [0.5, 0.6) is 0 Å². The van der Waals surface area contributed by atoms with Crippen LogP contribution >= 0.6 is 0 Å². The van der Waals surface area contributed by atoms with Crippen LogP contribution in [0.2, 0.25) is 0 Å². The van der Waals surface area contributed by atoms with Crippen LogP contribution < -0.4 is 5.32 Å². The second kappa shape index (κ2) is 9.64. The molecule has 0 spiro atoms. The van der Waals surface area contributed by atoms with Crippen molar-refractivity contribution in [1.82, 2.24) is 5.16 Å². The van der Waals surface area contributed by atoms with Crippen molar-refractivity contribution in [1.29, 1.82) is 0 Å². The molecule has 7 heteroatoms. The van der Waals surface area contributed by atoms with Gasteiger partial charge in [0.15, 0.2) is 5.76 Å². The lowest BCUT2D eigenvalue weighted by Crippen LogP contribution is -2.14. The Morgan fingerprint density at radius 2 is 1.90 bits per heavy atom. The highest BCUT2D eigenvalue weighted by molar-refractivity contribution is 5.93. The monoisotopic (exact) mass is 396 g/mol. The average Bonchev–Trinajstić information content (AvgIpc) is 3.17. The maximum atomic E-state index is 13.8. The number of nitrogens with zero attached hydrogens (tertiary/aromatic N) is 1. The molecule has 6 nitrogen and oxygen atoms in total. The molecule has 1 heterocycles. The minimum absolute atomic E-state index is 0.0290. The summed E-state index contributed by atoms with van der Waals surface area (Å²) < 4.78 is 24.1. The fourth-order valence-corrected chi connectivity index (χ4v) is 2.63. The van der Waals surface area contributed by atoms with Crippen LogP contribution in [0.1, 0.15) is 35.8 Å². The van der Waals surface area contributed by atoms with Gasteiger partial charge in [-0.25, -0.2) is 9.18 Å². The Balaban J connectivity index is 1.56. The highest BCUT2D eigenvalue weighted by atomic mass is 19.1. The SMILES string of the molecule is CCCCOC(=O)c1ccc(NC(=O)Cc2cc(-c3ccccc3F)on2)cc1. The van der Waals surface area contributed by atoms with Gasteiger partial charge in [0, 0.05) is 11.8 Å². The predicted molar refractivity (Wildman–Crippen MR) is 106 cm³/mol. The summed E-state index contributed by atoms with van der Waals surface area (Å²) in [6.07, 6.45) is 1.74. The predicted octanol–water partition coefficient (Wildman–Crippen LogP) is 4.62. The fraction of sp³-hybridized carbons (Fsp3) is 0.227. The van der Waals surface area contributed by atoms with E-state index in [1.165, 1.54) is 12.1 Å². The van der Waals surface area contributed by atoms with E-state index in [1.54, 1.807) is 42.5 Å². The number of hydrogen-bond acceptors (Lipinski definition) is 5. The van der Waals surface area contributed by atoms with Gasteiger partial charge in [-0.1, -0.05) is 30.6 Å². The van der Waals surface area contributed by atoms with E-state index in [0.29, 0.717) is 23.6 Å². The van der Waals surface area contributed by atoms with Crippen molar-refractivity contribution < 1.29 is 23.2 Å². The van der Waals surface area contributed by atoms with Crippen molar-refractivity contribution in [2.24, 2.45) is 0 Å². The molecule has 0 fully saturated rings. The van der Waals surface area contributed by atoms with Crippen LogP contribution in [0.3, 0.4) is 0 Å². The number of esters is 1. The first-order valence-electron chi connectivity index (χ1n) is 9.34. The highest BCUT2D eigenvalue weighted by Crippen LogP contribution is 2.23. The van der Waals surface area contributed by atoms with Crippen molar-refractivity contribution in [3.63, 3.8) is 0 Å². The maximum Gasteiger partial charge on any atom is 0.338 e. The number of carbonyl (C=O) groups is 2. The first-order valence-corrected chi connectivity index (χ1v) is 9.34. The molecule has 0 saturated heterocycles. The molecule has 0 aliphatic carbocycles. The Hall–Kier alpha value is -3.48. The van der Waals surface area contributed by atoms with Gasteiger partial charge in [-0.05, 0) is 42.8 Å². The van der Waals surface area contributed by atoms with Gasteiger partial charge >= 0.3 is 5.97 Å². The molecule has 3 rings (SSSR count). The minimum Gasteiger partial charge on any atom is -0.462 e. The van der Waals surface area contributed by atoms with Gasteiger partial charge in [-0.15, -0.1) is 0 Å². The van der Waals surface area contributed by atoms with Gasteiger partial charge in [0.1, 0.15) is 5.82 Å². The zero-order chi connectivity index (χ0) is 20.6. The van der Waals surface area contributed by atoms with Crippen molar-refractivity contribution in [2.75, 3.05) is 11.9 Å². The zero-order valence-corrected chi connectivity index (χ0v) is 16.0. The number of unbranched alkanes of at least 4 members (excludes halogenated alkanes) is 1. The number of hydrogen-bond donors (Lipinski definition) is 1. The number of carbonyl (C=O) groups excluding carboxylic acids is 2. The molecule has 1 N–H and O–H groups in total. The van der Waals surface area contributed by atoms with E-state index in [2.05, 4.69) is 10.5 Å². The van der Waals surface area contributed by atoms with Crippen LogP contribution in [0, 0.1) is 5.82 Å². The molecule has 150 valence electrons. The Bertz CT molecular complexity index is 982. The topological polar surface area (TPSA) is 81.4 Å². The maximum absolute atomic E-state index is 13.8. The van der Waals surface area contributed by atoms with E-state index in [1.807, 2.05) is 6.92 Å². The third-order valence-electron chi connectivity index (χ3n) is 4.18. The largest absolute Gasteiger partial charge is 0.462 e. The van der Waals surface area contributed by atoms with Crippen LogP contribution in [0.25, 0.3) is 11.3 Å². The number of anilines is 1. The van der Waals surface area contributed by atoms with Crippen LogP contribution in [-0.4, -0.2) is 23.6 Å².